The summed E-state index contributed by atoms with van der Waals surface area (Å²) in [6.07, 6.45) is 22.5. The summed E-state index contributed by atoms with van der Waals surface area (Å²) in [5.41, 5.74) is 0. The number of aliphatic carboxylic acids is 2. The molecule has 5 nitrogen and oxygen atoms in total. The zero-order chi connectivity index (χ0) is 21.6. The minimum Gasteiger partial charge on any atom is -0.481 e. The van der Waals surface area contributed by atoms with E-state index in [-0.39, 0.29) is 12.8 Å². The molecule has 170 valence electrons. The Kier molecular flexibility index (Phi) is 20.3. The average molecular weight is 412 g/mol. The molecular weight excluding hydrogens is 366 g/mol. The maximum absolute atomic E-state index is 10.7. The summed E-state index contributed by atoms with van der Waals surface area (Å²) in [7, 11) is 0. The number of nitrogens with zero attached hydrogens (tertiary/aromatic N) is 1. The van der Waals surface area contributed by atoms with Crippen LogP contribution in [-0.2, 0) is 9.59 Å². The summed E-state index contributed by atoms with van der Waals surface area (Å²) in [6.45, 7) is 3.93. The molecule has 2 N–H and O–H groups in total. The molecule has 29 heavy (non-hydrogen) atoms. The molecule has 0 aromatic heterocycles. The molecule has 0 spiro atoms. The molecule has 0 saturated heterocycles. The van der Waals surface area contributed by atoms with Crippen molar-refractivity contribution in [3.8, 4) is 0 Å². The van der Waals surface area contributed by atoms with Crippen LogP contribution in [0.5, 0.6) is 0 Å². The number of hydrogen-bond donors (Lipinski definition) is 2. The number of carboxylic acids is 2. The molecule has 0 aromatic carbocycles. The first-order chi connectivity index (χ1) is 14.1. The van der Waals surface area contributed by atoms with Crippen molar-refractivity contribution in [2.24, 2.45) is 0 Å². The second kappa shape index (κ2) is 21.4. The molecule has 0 saturated carbocycles. The number of rotatable bonds is 22. The van der Waals surface area contributed by atoms with Gasteiger partial charge in [0.25, 0.3) is 0 Å². The minimum absolute atomic E-state index is 0.0754. The molecule has 0 unspecified atom stereocenters. The summed E-state index contributed by atoms with van der Waals surface area (Å²) < 4.78 is 0. The minimum atomic E-state index is -0.827. The van der Waals surface area contributed by atoms with Gasteiger partial charge in [-0.05, 0) is 38.6 Å². The lowest BCUT2D eigenvalue weighted by molar-refractivity contribution is -0.137. The predicted octanol–water partition coefficient (Wildman–Crippen LogP) is 6.28. The predicted molar refractivity (Wildman–Crippen MR) is 120 cm³/mol. The molecular formula is C24H45NO4. The zero-order valence-electron chi connectivity index (χ0n) is 18.7. The summed E-state index contributed by atoms with van der Waals surface area (Å²) in [5, 5.41) is 17.6. The number of allylic oxidation sites excluding steroid dienone is 2. The summed E-state index contributed by atoms with van der Waals surface area (Å²) >= 11 is 0. The van der Waals surface area contributed by atoms with Gasteiger partial charge in [-0.2, -0.15) is 0 Å². The smallest absolute Gasteiger partial charge is 0.304 e. The van der Waals surface area contributed by atoms with Gasteiger partial charge in [0.15, 0.2) is 0 Å². The quantitative estimate of drug-likeness (QED) is 0.162. The monoisotopic (exact) mass is 411 g/mol. The van der Waals surface area contributed by atoms with Crippen molar-refractivity contribution < 1.29 is 19.8 Å². The van der Waals surface area contributed by atoms with Crippen LogP contribution in [0.3, 0.4) is 0 Å². The van der Waals surface area contributed by atoms with Gasteiger partial charge < -0.3 is 15.1 Å². The van der Waals surface area contributed by atoms with E-state index >= 15 is 0 Å². The van der Waals surface area contributed by atoms with E-state index in [9.17, 15) is 9.59 Å². The van der Waals surface area contributed by atoms with Crippen molar-refractivity contribution in [2.75, 3.05) is 19.6 Å². The van der Waals surface area contributed by atoms with Crippen LogP contribution in [0.25, 0.3) is 0 Å². The topological polar surface area (TPSA) is 77.8 Å². The lowest BCUT2D eigenvalue weighted by Crippen LogP contribution is -2.30. The van der Waals surface area contributed by atoms with E-state index in [1.165, 1.54) is 77.0 Å². The summed E-state index contributed by atoms with van der Waals surface area (Å²) in [5.74, 6) is -1.65. The van der Waals surface area contributed by atoms with Gasteiger partial charge in [0.05, 0.1) is 12.8 Å². The Bertz CT molecular complexity index is 405. The number of carboxylic acid groups (broad SMARTS) is 2. The molecule has 0 aliphatic rings. The van der Waals surface area contributed by atoms with Crippen LogP contribution in [0, 0.1) is 0 Å². The largest absolute Gasteiger partial charge is 0.481 e. The Morgan fingerprint density at radius 1 is 0.621 bits per heavy atom. The van der Waals surface area contributed by atoms with Crippen LogP contribution in [0.4, 0.5) is 0 Å². The van der Waals surface area contributed by atoms with E-state index in [4.69, 9.17) is 10.2 Å². The molecule has 0 radical (unpaired) electrons. The van der Waals surface area contributed by atoms with Gasteiger partial charge in [-0.3, -0.25) is 9.59 Å². The highest BCUT2D eigenvalue weighted by Gasteiger charge is 2.09. The molecule has 0 aromatic rings. The highest BCUT2D eigenvalue weighted by Crippen LogP contribution is 2.10. The fourth-order valence-corrected chi connectivity index (χ4v) is 3.43. The Morgan fingerprint density at radius 2 is 1.03 bits per heavy atom. The van der Waals surface area contributed by atoms with Crippen molar-refractivity contribution in [3.63, 3.8) is 0 Å². The fourth-order valence-electron chi connectivity index (χ4n) is 3.43. The van der Waals surface area contributed by atoms with Crippen molar-refractivity contribution >= 4 is 11.9 Å². The molecule has 0 fully saturated rings. The molecule has 0 amide bonds. The second-order valence-electron chi connectivity index (χ2n) is 8.07. The molecule has 0 rings (SSSR count). The third kappa shape index (κ3) is 22.8. The van der Waals surface area contributed by atoms with Gasteiger partial charge in [-0.1, -0.05) is 76.9 Å². The molecule has 0 aliphatic heterocycles. The molecule has 0 atom stereocenters. The number of carbonyl (C=O) groups is 2. The first-order valence-electron chi connectivity index (χ1n) is 11.9. The molecule has 5 heteroatoms. The number of hydrogen-bond acceptors (Lipinski definition) is 3. The van der Waals surface area contributed by atoms with Gasteiger partial charge in [0.2, 0.25) is 0 Å². The third-order valence-corrected chi connectivity index (χ3v) is 5.27. The Hall–Kier alpha value is -1.36. The highest BCUT2D eigenvalue weighted by molar-refractivity contribution is 5.67. The zero-order valence-corrected chi connectivity index (χ0v) is 18.7. The van der Waals surface area contributed by atoms with Crippen molar-refractivity contribution in [3.05, 3.63) is 12.2 Å². The molecule has 0 heterocycles. The normalized spacial score (nSPS) is 11.5. The SMILES string of the molecule is CCCCCCCC/C=C\CCCCCCCCN(CCC(=O)O)CCC(=O)O. The fraction of sp³-hybridized carbons (Fsp3) is 0.833. The summed E-state index contributed by atoms with van der Waals surface area (Å²) in [4.78, 5) is 23.4. The van der Waals surface area contributed by atoms with Crippen molar-refractivity contribution in [2.45, 2.75) is 110 Å². The van der Waals surface area contributed by atoms with Crippen LogP contribution in [0.1, 0.15) is 110 Å². The highest BCUT2D eigenvalue weighted by atomic mass is 16.4. The van der Waals surface area contributed by atoms with Gasteiger partial charge in [0, 0.05) is 13.1 Å². The van der Waals surface area contributed by atoms with Gasteiger partial charge in [-0.25, -0.2) is 0 Å². The van der Waals surface area contributed by atoms with E-state index in [1.807, 2.05) is 4.90 Å². The standard InChI is InChI=1S/C24H45NO4/c1-2-3-4-5-6-7-8-9-10-11-12-13-14-15-16-17-20-25(21-18-23(26)27)22-19-24(28)29/h9-10H,2-8,11-22H2,1H3,(H,26,27)(H,28,29)/b10-9-. The van der Waals surface area contributed by atoms with Gasteiger partial charge >= 0.3 is 11.9 Å². The van der Waals surface area contributed by atoms with Crippen LogP contribution in [0.2, 0.25) is 0 Å². The lowest BCUT2D eigenvalue weighted by Gasteiger charge is -2.20. The Balaban J connectivity index is 3.51. The van der Waals surface area contributed by atoms with E-state index in [2.05, 4.69) is 19.1 Å². The van der Waals surface area contributed by atoms with Gasteiger partial charge in [0.1, 0.15) is 0 Å². The van der Waals surface area contributed by atoms with Crippen LogP contribution >= 0.6 is 0 Å². The summed E-state index contributed by atoms with van der Waals surface area (Å²) in [6, 6.07) is 0. The Labute approximate surface area is 178 Å². The van der Waals surface area contributed by atoms with E-state index in [0.29, 0.717) is 13.1 Å². The lowest BCUT2D eigenvalue weighted by atomic mass is 10.1. The van der Waals surface area contributed by atoms with E-state index < -0.39 is 11.9 Å². The molecule has 0 bridgehead atoms. The van der Waals surface area contributed by atoms with Gasteiger partial charge in [-0.15, -0.1) is 0 Å². The van der Waals surface area contributed by atoms with Crippen molar-refractivity contribution in [1.29, 1.82) is 0 Å². The van der Waals surface area contributed by atoms with E-state index in [1.54, 1.807) is 0 Å². The number of unbranched alkanes of at least 4 members (excludes halogenated alkanes) is 12. The first kappa shape index (κ1) is 27.6. The van der Waals surface area contributed by atoms with Crippen LogP contribution < -0.4 is 0 Å². The van der Waals surface area contributed by atoms with Crippen molar-refractivity contribution in [1.82, 2.24) is 4.90 Å². The second-order valence-corrected chi connectivity index (χ2v) is 8.07. The van der Waals surface area contributed by atoms with Crippen LogP contribution in [-0.4, -0.2) is 46.7 Å². The maximum atomic E-state index is 10.7. The molecule has 0 aliphatic carbocycles. The maximum Gasteiger partial charge on any atom is 0.304 e. The van der Waals surface area contributed by atoms with E-state index in [0.717, 1.165) is 19.4 Å². The van der Waals surface area contributed by atoms with Crippen LogP contribution in [0.15, 0.2) is 12.2 Å². The Morgan fingerprint density at radius 3 is 1.48 bits per heavy atom. The average Bonchev–Trinajstić information content (AvgIpc) is 2.68. The first-order valence-corrected chi connectivity index (χ1v) is 11.9. The third-order valence-electron chi connectivity index (χ3n) is 5.27.